The molecule has 1 unspecified atom stereocenters. The van der Waals surface area contributed by atoms with Gasteiger partial charge in [0, 0.05) is 17.4 Å². The highest BCUT2D eigenvalue weighted by molar-refractivity contribution is 6.42. The lowest BCUT2D eigenvalue weighted by Gasteiger charge is -2.32. The Hall–Kier alpha value is -0.490. The second-order valence-corrected chi connectivity index (χ2v) is 7.02. The van der Waals surface area contributed by atoms with Crippen molar-refractivity contribution in [2.24, 2.45) is 5.41 Å². The van der Waals surface area contributed by atoms with Gasteiger partial charge in [-0.25, -0.2) is 0 Å². The van der Waals surface area contributed by atoms with E-state index < -0.39 is 12.8 Å². The topological polar surface area (TPSA) is 21.3 Å². The molecule has 0 aromatic heterocycles. The van der Waals surface area contributed by atoms with Gasteiger partial charge in [-0.1, -0.05) is 29.3 Å². The largest absolute Gasteiger partial charge is 0.411 e. The number of ether oxygens (including phenoxy) is 1. The molecule has 3 rings (SSSR count). The summed E-state index contributed by atoms with van der Waals surface area (Å²) in [4.78, 5) is 0. The van der Waals surface area contributed by atoms with E-state index in [1.54, 1.807) is 6.07 Å². The van der Waals surface area contributed by atoms with E-state index in [2.05, 4.69) is 5.32 Å². The molecule has 122 valence electrons. The van der Waals surface area contributed by atoms with E-state index in [9.17, 15) is 13.2 Å². The first-order valence-electron chi connectivity index (χ1n) is 7.09. The lowest BCUT2D eigenvalue weighted by Crippen LogP contribution is -2.41. The third kappa shape index (κ3) is 2.84. The molecule has 22 heavy (non-hydrogen) atoms. The van der Waals surface area contributed by atoms with Gasteiger partial charge in [-0.3, -0.25) is 0 Å². The Bertz CT molecular complexity index is 580. The molecule has 1 aromatic rings. The fourth-order valence-electron chi connectivity index (χ4n) is 3.70. The summed E-state index contributed by atoms with van der Waals surface area (Å²) in [5.41, 5.74) is 0.602. The van der Waals surface area contributed by atoms with Crippen molar-refractivity contribution in [2.45, 2.75) is 24.4 Å². The fraction of sp³-hybridized carbons (Fsp3) is 0.600. The summed E-state index contributed by atoms with van der Waals surface area (Å²) in [5, 5.41) is 4.22. The minimum Gasteiger partial charge on any atom is -0.371 e. The Morgan fingerprint density at radius 3 is 2.68 bits per heavy atom. The molecule has 0 radical (unpaired) electrons. The molecule has 0 spiro atoms. The zero-order valence-corrected chi connectivity index (χ0v) is 13.3. The van der Waals surface area contributed by atoms with Gasteiger partial charge >= 0.3 is 6.18 Å². The standard InChI is InChI=1S/C15H16Cl2F3NO/c16-11-2-1-10(5-12(11)17)14-3-4-21-7-13(14,6-14)8-22-9-15(18,19)20/h1-2,5,21H,3-4,6-9H2/t13-,14?/m1/s1. The highest BCUT2D eigenvalue weighted by atomic mass is 35.5. The normalized spacial score (nSPS) is 31.0. The Labute approximate surface area is 136 Å². The van der Waals surface area contributed by atoms with Crippen molar-refractivity contribution >= 4 is 23.2 Å². The van der Waals surface area contributed by atoms with Crippen LogP contribution in [0.5, 0.6) is 0 Å². The SMILES string of the molecule is FC(F)(F)COC[C@@]12CNCCC1(c1ccc(Cl)c(Cl)c1)C2. The van der Waals surface area contributed by atoms with Crippen LogP contribution in [0, 0.1) is 5.41 Å². The number of hydrogen-bond donors (Lipinski definition) is 1. The molecule has 1 aromatic carbocycles. The molecule has 1 heterocycles. The maximum Gasteiger partial charge on any atom is 0.411 e. The summed E-state index contributed by atoms with van der Waals surface area (Å²) in [7, 11) is 0. The number of rotatable bonds is 4. The predicted molar refractivity (Wildman–Crippen MR) is 79.6 cm³/mol. The summed E-state index contributed by atoms with van der Waals surface area (Å²) in [6.07, 6.45) is -2.62. The monoisotopic (exact) mass is 353 g/mol. The first-order valence-corrected chi connectivity index (χ1v) is 7.84. The molecule has 2 atom stereocenters. The first-order chi connectivity index (χ1) is 10.3. The van der Waals surface area contributed by atoms with Crippen LogP contribution in [0.1, 0.15) is 18.4 Å². The number of hydrogen-bond acceptors (Lipinski definition) is 2. The Morgan fingerprint density at radius 1 is 1.23 bits per heavy atom. The molecule has 1 saturated heterocycles. The highest BCUT2D eigenvalue weighted by Gasteiger charge is 2.68. The van der Waals surface area contributed by atoms with Crippen LogP contribution in [-0.2, 0) is 10.2 Å². The number of fused-ring (bicyclic) bond motifs is 1. The second-order valence-electron chi connectivity index (χ2n) is 6.20. The number of benzene rings is 1. The van der Waals surface area contributed by atoms with Crippen molar-refractivity contribution in [3.05, 3.63) is 33.8 Å². The van der Waals surface area contributed by atoms with Gasteiger partial charge in [-0.15, -0.1) is 0 Å². The molecular weight excluding hydrogens is 338 g/mol. The number of nitrogens with one attached hydrogen (secondary N) is 1. The minimum absolute atomic E-state index is 0.0970. The maximum absolute atomic E-state index is 12.3. The van der Waals surface area contributed by atoms with Gasteiger partial charge in [0.25, 0.3) is 0 Å². The van der Waals surface area contributed by atoms with Gasteiger partial charge < -0.3 is 10.1 Å². The quantitative estimate of drug-likeness (QED) is 0.875. The smallest absolute Gasteiger partial charge is 0.371 e. The van der Waals surface area contributed by atoms with Crippen molar-refractivity contribution in [1.29, 1.82) is 0 Å². The van der Waals surface area contributed by atoms with E-state index in [0.717, 1.165) is 24.9 Å². The summed E-state index contributed by atoms with van der Waals surface area (Å²) in [6, 6.07) is 5.50. The second kappa shape index (κ2) is 5.55. The number of piperidine rings is 1. The summed E-state index contributed by atoms with van der Waals surface area (Å²) >= 11 is 12.0. The maximum atomic E-state index is 12.3. The van der Waals surface area contributed by atoms with Crippen molar-refractivity contribution < 1.29 is 17.9 Å². The Morgan fingerprint density at radius 2 is 2.00 bits per heavy atom. The van der Waals surface area contributed by atoms with E-state index in [-0.39, 0.29) is 17.4 Å². The van der Waals surface area contributed by atoms with Crippen LogP contribution in [0.3, 0.4) is 0 Å². The lowest BCUT2D eigenvalue weighted by molar-refractivity contribution is -0.178. The third-order valence-electron chi connectivity index (χ3n) is 4.84. The number of alkyl halides is 3. The van der Waals surface area contributed by atoms with Crippen molar-refractivity contribution in [3.8, 4) is 0 Å². The fourth-order valence-corrected chi connectivity index (χ4v) is 3.99. The van der Waals surface area contributed by atoms with E-state index in [1.165, 1.54) is 0 Å². The molecule has 1 aliphatic heterocycles. The van der Waals surface area contributed by atoms with Crippen LogP contribution in [-0.4, -0.2) is 32.5 Å². The molecule has 1 aliphatic carbocycles. The van der Waals surface area contributed by atoms with Gasteiger partial charge in [-0.2, -0.15) is 13.2 Å². The van der Waals surface area contributed by atoms with Crippen LogP contribution in [0.15, 0.2) is 18.2 Å². The minimum atomic E-state index is -4.29. The van der Waals surface area contributed by atoms with E-state index in [4.69, 9.17) is 27.9 Å². The Balaban J connectivity index is 1.78. The first kappa shape index (κ1) is 16.4. The third-order valence-corrected chi connectivity index (χ3v) is 5.58. The van der Waals surface area contributed by atoms with Crippen molar-refractivity contribution in [2.75, 3.05) is 26.3 Å². The molecule has 0 bridgehead atoms. The molecule has 1 N–H and O–H groups in total. The van der Waals surface area contributed by atoms with Crippen molar-refractivity contribution in [1.82, 2.24) is 5.32 Å². The highest BCUT2D eigenvalue weighted by Crippen LogP contribution is 2.68. The van der Waals surface area contributed by atoms with Crippen molar-refractivity contribution in [3.63, 3.8) is 0 Å². The van der Waals surface area contributed by atoms with E-state index in [0.29, 0.717) is 16.6 Å². The average molecular weight is 354 g/mol. The van der Waals surface area contributed by atoms with Crippen LogP contribution in [0.4, 0.5) is 13.2 Å². The van der Waals surface area contributed by atoms with Crippen LogP contribution < -0.4 is 5.32 Å². The van der Waals surface area contributed by atoms with Gasteiger partial charge in [0.2, 0.25) is 0 Å². The van der Waals surface area contributed by atoms with Gasteiger partial charge in [0.1, 0.15) is 6.61 Å². The van der Waals surface area contributed by atoms with Gasteiger partial charge in [-0.05, 0) is 37.1 Å². The summed E-state index contributed by atoms with van der Waals surface area (Å²) in [6.45, 7) is 0.387. The molecule has 2 aliphatic rings. The van der Waals surface area contributed by atoms with Crippen LogP contribution in [0.2, 0.25) is 10.0 Å². The lowest BCUT2D eigenvalue weighted by atomic mass is 9.81. The van der Waals surface area contributed by atoms with Crippen LogP contribution >= 0.6 is 23.2 Å². The molecule has 7 heteroatoms. The molecule has 1 saturated carbocycles. The summed E-state index contributed by atoms with van der Waals surface area (Å²) < 4.78 is 41.8. The summed E-state index contributed by atoms with van der Waals surface area (Å²) in [5.74, 6) is 0. The molecular formula is C15H16Cl2F3NO. The van der Waals surface area contributed by atoms with Crippen LogP contribution in [0.25, 0.3) is 0 Å². The van der Waals surface area contributed by atoms with Gasteiger partial charge in [0.15, 0.2) is 0 Å². The average Bonchev–Trinajstić information content (AvgIpc) is 3.10. The van der Waals surface area contributed by atoms with Gasteiger partial charge in [0.05, 0.1) is 16.7 Å². The van der Waals surface area contributed by atoms with E-state index in [1.807, 2.05) is 12.1 Å². The molecule has 2 nitrogen and oxygen atoms in total. The zero-order valence-electron chi connectivity index (χ0n) is 11.8. The Kier molecular flexibility index (Phi) is 4.13. The molecule has 2 fully saturated rings. The molecule has 0 amide bonds. The zero-order chi connectivity index (χ0) is 16.0. The van der Waals surface area contributed by atoms with E-state index >= 15 is 0 Å². The number of halogens is 5. The predicted octanol–water partition coefficient (Wildman–Crippen LogP) is 4.19.